The standard InChI is InChI=1S/C26H30N2O6S2/c1-6-28(36(33,34)23-14-7-18(2)24(17-23)25(29)30)21-12-10-20(11-13-21)27-35(31,32)22-15-8-19(9-16-22)26(3,4)5/h7-17,27H,6H2,1-5H3,(H,29,30). The zero-order valence-corrected chi connectivity index (χ0v) is 22.4. The monoisotopic (exact) mass is 530 g/mol. The maximum Gasteiger partial charge on any atom is 0.335 e. The number of nitrogens with one attached hydrogen (secondary N) is 1. The fraction of sp³-hybridized carbons (Fsp3) is 0.269. The van der Waals surface area contributed by atoms with E-state index in [9.17, 15) is 26.7 Å². The first-order valence-electron chi connectivity index (χ1n) is 11.3. The topological polar surface area (TPSA) is 121 Å². The van der Waals surface area contributed by atoms with Crippen LogP contribution in [0.25, 0.3) is 0 Å². The van der Waals surface area contributed by atoms with Gasteiger partial charge in [0, 0.05) is 12.2 Å². The molecule has 3 rings (SSSR count). The van der Waals surface area contributed by atoms with Crippen molar-refractivity contribution in [3.63, 3.8) is 0 Å². The van der Waals surface area contributed by atoms with Gasteiger partial charge in [-0.2, -0.15) is 0 Å². The molecule has 10 heteroatoms. The van der Waals surface area contributed by atoms with E-state index in [0.717, 1.165) is 15.9 Å². The lowest BCUT2D eigenvalue weighted by atomic mass is 9.87. The molecule has 0 fully saturated rings. The Kier molecular flexibility index (Phi) is 7.52. The van der Waals surface area contributed by atoms with Crippen molar-refractivity contribution in [2.24, 2.45) is 0 Å². The molecule has 2 N–H and O–H groups in total. The number of aryl methyl sites for hydroxylation is 1. The van der Waals surface area contributed by atoms with E-state index in [1.807, 2.05) is 20.8 Å². The summed E-state index contributed by atoms with van der Waals surface area (Å²) in [5, 5.41) is 9.36. The summed E-state index contributed by atoms with van der Waals surface area (Å²) < 4.78 is 55.8. The van der Waals surface area contributed by atoms with Crippen molar-refractivity contribution in [3.05, 3.63) is 83.4 Å². The van der Waals surface area contributed by atoms with E-state index >= 15 is 0 Å². The molecule has 3 aromatic carbocycles. The summed E-state index contributed by atoms with van der Waals surface area (Å²) in [6, 6.07) is 16.6. The molecule has 0 spiro atoms. The molecule has 3 aromatic rings. The van der Waals surface area contributed by atoms with Gasteiger partial charge in [0.2, 0.25) is 0 Å². The number of hydrogen-bond acceptors (Lipinski definition) is 5. The lowest BCUT2D eigenvalue weighted by Gasteiger charge is -2.23. The van der Waals surface area contributed by atoms with Crippen LogP contribution < -0.4 is 9.03 Å². The third-order valence-corrected chi connectivity index (χ3v) is 9.05. The van der Waals surface area contributed by atoms with Crippen LogP contribution in [0.3, 0.4) is 0 Å². The molecule has 192 valence electrons. The minimum Gasteiger partial charge on any atom is -0.478 e. The van der Waals surface area contributed by atoms with Crippen LogP contribution in [0, 0.1) is 6.92 Å². The van der Waals surface area contributed by atoms with Gasteiger partial charge in [-0.15, -0.1) is 0 Å². The third-order valence-electron chi connectivity index (χ3n) is 5.75. The van der Waals surface area contributed by atoms with E-state index in [1.165, 1.54) is 36.4 Å². The maximum absolute atomic E-state index is 13.3. The van der Waals surface area contributed by atoms with Crippen LogP contribution >= 0.6 is 0 Å². The van der Waals surface area contributed by atoms with Crippen LogP contribution in [-0.2, 0) is 25.5 Å². The number of anilines is 2. The molecular weight excluding hydrogens is 500 g/mol. The SMILES string of the molecule is CCN(c1ccc(NS(=O)(=O)c2ccc(C(C)(C)C)cc2)cc1)S(=O)(=O)c1ccc(C)c(C(=O)O)c1. The smallest absolute Gasteiger partial charge is 0.335 e. The summed E-state index contributed by atoms with van der Waals surface area (Å²) in [4.78, 5) is 11.4. The van der Waals surface area contributed by atoms with Crippen LogP contribution in [0.15, 0.2) is 76.5 Å². The van der Waals surface area contributed by atoms with Crippen molar-refractivity contribution in [2.75, 3.05) is 15.6 Å². The quantitative estimate of drug-likeness (QED) is 0.422. The normalized spacial score (nSPS) is 12.2. The predicted molar refractivity (Wildman–Crippen MR) is 141 cm³/mol. The van der Waals surface area contributed by atoms with Gasteiger partial charge in [0.25, 0.3) is 20.0 Å². The van der Waals surface area contributed by atoms with Crippen LogP contribution in [0.1, 0.15) is 49.2 Å². The molecule has 0 saturated carbocycles. The predicted octanol–water partition coefficient (Wildman–Crippen LogP) is 5.01. The number of carboxylic acid groups (broad SMARTS) is 1. The maximum atomic E-state index is 13.3. The number of aromatic carboxylic acids is 1. The molecule has 8 nitrogen and oxygen atoms in total. The Bertz CT molecular complexity index is 1470. The van der Waals surface area contributed by atoms with Gasteiger partial charge in [0.15, 0.2) is 0 Å². The number of sulfonamides is 2. The van der Waals surface area contributed by atoms with Crippen LogP contribution in [0.4, 0.5) is 11.4 Å². The lowest BCUT2D eigenvalue weighted by molar-refractivity contribution is 0.0696. The first kappa shape index (κ1) is 27.2. The molecule has 0 heterocycles. The number of nitrogens with zero attached hydrogens (tertiary/aromatic N) is 1. The minimum atomic E-state index is -4.05. The van der Waals surface area contributed by atoms with Gasteiger partial charge in [0.1, 0.15) is 0 Å². The number of rotatable bonds is 8. The summed E-state index contributed by atoms with van der Waals surface area (Å²) in [6.45, 7) is 9.46. The van der Waals surface area contributed by atoms with Crippen LogP contribution in [0.2, 0.25) is 0 Å². The van der Waals surface area contributed by atoms with Crippen molar-refractivity contribution >= 4 is 37.4 Å². The third kappa shape index (κ3) is 5.71. The number of hydrogen-bond donors (Lipinski definition) is 2. The molecule has 0 aliphatic heterocycles. The average Bonchev–Trinajstić information content (AvgIpc) is 2.80. The fourth-order valence-corrected chi connectivity index (χ4v) is 6.21. The average molecular weight is 531 g/mol. The highest BCUT2D eigenvalue weighted by molar-refractivity contribution is 7.93. The Morgan fingerprint density at radius 1 is 0.889 bits per heavy atom. The van der Waals surface area contributed by atoms with E-state index < -0.39 is 26.0 Å². The minimum absolute atomic E-state index is 0.0871. The second-order valence-corrected chi connectivity index (χ2v) is 12.9. The van der Waals surface area contributed by atoms with Crippen LogP contribution in [-0.4, -0.2) is 34.5 Å². The number of carbonyl (C=O) groups is 1. The summed E-state index contributed by atoms with van der Waals surface area (Å²) in [5.41, 5.74) is 1.85. The second kappa shape index (κ2) is 9.94. The Labute approximate surface area is 212 Å². The van der Waals surface area contributed by atoms with Crippen molar-refractivity contribution < 1.29 is 26.7 Å². The molecule has 0 amide bonds. The van der Waals surface area contributed by atoms with E-state index in [0.29, 0.717) is 11.3 Å². The molecule has 0 aromatic heterocycles. The van der Waals surface area contributed by atoms with E-state index in [1.54, 1.807) is 38.1 Å². The molecule has 36 heavy (non-hydrogen) atoms. The molecule has 0 aliphatic rings. The highest BCUT2D eigenvalue weighted by Crippen LogP contribution is 2.28. The van der Waals surface area contributed by atoms with E-state index in [4.69, 9.17) is 0 Å². The molecule has 0 atom stereocenters. The van der Waals surface area contributed by atoms with Gasteiger partial charge >= 0.3 is 5.97 Å². The van der Waals surface area contributed by atoms with Gasteiger partial charge in [0.05, 0.1) is 21.0 Å². The molecule has 0 unspecified atom stereocenters. The van der Waals surface area contributed by atoms with Gasteiger partial charge in [-0.1, -0.05) is 39.0 Å². The zero-order valence-electron chi connectivity index (χ0n) is 20.8. The Morgan fingerprint density at radius 2 is 1.44 bits per heavy atom. The lowest BCUT2D eigenvalue weighted by Crippen LogP contribution is -2.31. The molecular formula is C26H30N2O6S2. The number of carboxylic acids is 1. The highest BCUT2D eigenvalue weighted by atomic mass is 32.2. The van der Waals surface area contributed by atoms with Crippen molar-refractivity contribution in [3.8, 4) is 0 Å². The Hall–Kier alpha value is -3.37. The fourth-order valence-electron chi connectivity index (χ4n) is 3.65. The summed E-state index contributed by atoms with van der Waals surface area (Å²) in [6.07, 6.45) is 0. The van der Waals surface area contributed by atoms with Crippen molar-refractivity contribution in [1.82, 2.24) is 0 Å². The van der Waals surface area contributed by atoms with Gasteiger partial charge in [-0.05, 0) is 78.9 Å². The summed E-state index contributed by atoms with van der Waals surface area (Å²) >= 11 is 0. The van der Waals surface area contributed by atoms with Crippen molar-refractivity contribution in [2.45, 2.75) is 49.8 Å². The summed E-state index contributed by atoms with van der Waals surface area (Å²) in [5.74, 6) is -1.21. The number of benzene rings is 3. The Balaban J connectivity index is 1.86. The highest BCUT2D eigenvalue weighted by Gasteiger charge is 2.25. The van der Waals surface area contributed by atoms with Crippen LogP contribution in [0.5, 0.6) is 0 Å². The molecule has 0 saturated heterocycles. The molecule has 0 radical (unpaired) electrons. The first-order valence-corrected chi connectivity index (χ1v) is 14.2. The zero-order chi connectivity index (χ0) is 26.9. The summed E-state index contributed by atoms with van der Waals surface area (Å²) in [7, 11) is -7.89. The van der Waals surface area contributed by atoms with Gasteiger partial charge in [-0.25, -0.2) is 21.6 Å². The Morgan fingerprint density at radius 3 is 1.94 bits per heavy atom. The largest absolute Gasteiger partial charge is 0.478 e. The van der Waals surface area contributed by atoms with Crippen molar-refractivity contribution in [1.29, 1.82) is 0 Å². The second-order valence-electron chi connectivity index (χ2n) is 9.38. The van der Waals surface area contributed by atoms with E-state index in [2.05, 4.69) is 4.72 Å². The molecule has 0 bridgehead atoms. The first-order chi connectivity index (χ1) is 16.7. The van der Waals surface area contributed by atoms with Gasteiger partial charge < -0.3 is 5.11 Å². The van der Waals surface area contributed by atoms with E-state index in [-0.39, 0.29) is 33.0 Å². The molecule has 0 aliphatic carbocycles. The van der Waals surface area contributed by atoms with Gasteiger partial charge in [-0.3, -0.25) is 9.03 Å².